The van der Waals surface area contributed by atoms with E-state index < -0.39 is 10.0 Å². The lowest BCUT2D eigenvalue weighted by atomic mass is 10.3. The largest absolute Gasteiger partial charge is 0.497 e. The van der Waals surface area contributed by atoms with E-state index in [-0.39, 0.29) is 17.1 Å². The average Bonchev–Trinajstić information content (AvgIpc) is 3.21. The normalized spacial score (nSPS) is 15.2. The Balaban J connectivity index is 1.88. The number of sulfonamides is 1. The highest BCUT2D eigenvalue weighted by Crippen LogP contribution is 2.28. The summed E-state index contributed by atoms with van der Waals surface area (Å²) >= 11 is 0. The minimum atomic E-state index is -3.61. The summed E-state index contributed by atoms with van der Waals surface area (Å²) in [5, 5.41) is 0. The number of anilines is 1. The molecule has 0 amide bonds. The van der Waals surface area contributed by atoms with Gasteiger partial charge in [0.25, 0.3) is 0 Å². The Kier molecular flexibility index (Phi) is 4.85. The third-order valence-electron chi connectivity index (χ3n) is 3.10. The van der Waals surface area contributed by atoms with E-state index in [9.17, 15) is 8.42 Å². The molecule has 7 heteroatoms. The number of nitrogens with two attached hydrogens (primary N) is 1. The van der Waals surface area contributed by atoms with Crippen LogP contribution in [0.5, 0.6) is 5.75 Å². The molecule has 1 saturated carbocycles. The third kappa shape index (κ3) is 4.09. The number of ether oxygens (including phenoxy) is 2. The second-order valence-electron chi connectivity index (χ2n) is 4.82. The SMILES string of the molecule is COc1ccc(S(=O)(=O)NCCOCC2CC2)c(N)c1. The van der Waals surface area contributed by atoms with E-state index in [0.717, 1.165) is 0 Å². The molecule has 0 bridgehead atoms. The fraction of sp³-hybridized carbons (Fsp3) is 0.538. The zero-order chi connectivity index (χ0) is 14.6. The van der Waals surface area contributed by atoms with Crippen LogP contribution in [0.25, 0.3) is 0 Å². The zero-order valence-electron chi connectivity index (χ0n) is 11.5. The van der Waals surface area contributed by atoms with Gasteiger partial charge in [-0.15, -0.1) is 0 Å². The molecule has 0 saturated heterocycles. The second-order valence-corrected chi connectivity index (χ2v) is 6.56. The molecule has 0 spiro atoms. The minimum Gasteiger partial charge on any atom is -0.497 e. The predicted molar refractivity (Wildman–Crippen MR) is 76.1 cm³/mol. The van der Waals surface area contributed by atoms with Gasteiger partial charge in [-0.05, 0) is 30.9 Å². The molecule has 1 aromatic rings. The molecule has 0 radical (unpaired) electrons. The van der Waals surface area contributed by atoms with Gasteiger partial charge in [0.15, 0.2) is 0 Å². The van der Waals surface area contributed by atoms with Gasteiger partial charge in [-0.3, -0.25) is 0 Å². The van der Waals surface area contributed by atoms with Gasteiger partial charge in [0.05, 0.1) is 19.4 Å². The van der Waals surface area contributed by atoms with Gasteiger partial charge in [-0.1, -0.05) is 0 Å². The molecule has 112 valence electrons. The zero-order valence-corrected chi connectivity index (χ0v) is 12.3. The molecule has 3 N–H and O–H groups in total. The Morgan fingerprint density at radius 3 is 2.75 bits per heavy atom. The van der Waals surface area contributed by atoms with Crippen LogP contribution in [-0.4, -0.2) is 35.3 Å². The van der Waals surface area contributed by atoms with Gasteiger partial charge in [-0.2, -0.15) is 0 Å². The maximum absolute atomic E-state index is 12.1. The smallest absolute Gasteiger partial charge is 0.242 e. The highest BCUT2D eigenvalue weighted by atomic mass is 32.2. The van der Waals surface area contributed by atoms with Crippen LogP contribution in [0.4, 0.5) is 5.69 Å². The summed E-state index contributed by atoms with van der Waals surface area (Å²) in [5.41, 5.74) is 5.89. The first-order valence-electron chi connectivity index (χ1n) is 6.54. The molecule has 0 aromatic heterocycles. The number of methoxy groups -OCH3 is 1. The highest BCUT2D eigenvalue weighted by molar-refractivity contribution is 7.89. The van der Waals surface area contributed by atoms with E-state index in [4.69, 9.17) is 15.2 Å². The topological polar surface area (TPSA) is 90.7 Å². The van der Waals surface area contributed by atoms with Crippen LogP contribution >= 0.6 is 0 Å². The van der Waals surface area contributed by atoms with Crippen molar-refractivity contribution in [3.63, 3.8) is 0 Å². The van der Waals surface area contributed by atoms with E-state index in [0.29, 0.717) is 24.9 Å². The Hall–Kier alpha value is -1.31. The predicted octanol–water partition coefficient (Wildman–Crippen LogP) is 0.982. The maximum atomic E-state index is 12.1. The number of nitrogen functional groups attached to an aromatic ring is 1. The highest BCUT2D eigenvalue weighted by Gasteiger charge is 2.21. The van der Waals surface area contributed by atoms with Crippen molar-refractivity contribution in [3.8, 4) is 5.75 Å². The molecule has 0 unspecified atom stereocenters. The standard InChI is InChI=1S/C13H20N2O4S/c1-18-11-4-5-13(12(14)8-11)20(16,17)15-6-7-19-9-10-2-3-10/h4-5,8,10,15H,2-3,6-7,9,14H2,1H3. The molecule has 1 aromatic carbocycles. The molecular weight excluding hydrogens is 280 g/mol. The molecule has 20 heavy (non-hydrogen) atoms. The summed E-state index contributed by atoms with van der Waals surface area (Å²) in [4.78, 5) is 0.0560. The van der Waals surface area contributed by atoms with Crippen LogP contribution in [0.1, 0.15) is 12.8 Å². The summed E-state index contributed by atoms with van der Waals surface area (Å²) in [6, 6.07) is 4.48. The van der Waals surface area contributed by atoms with Gasteiger partial charge in [0.1, 0.15) is 10.6 Å². The molecule has 0 heterocycles. The van der Waals surface area contributed by atoms with Crippen LogP contribution in [0.15, 0.2) is 23.1 Å². The molecule has 6 nitrogen and oxygen atoms in total. The fourth-order valence-corrected chi connectivity index (χ4v) is 2.88. The van der Waals surface area contributed by atoms with Crippen molar-refractivity contribution in [2.45, 2.75) is 17.7 Å². The quantitative estimate of drug-likeness (QED) is 0.552. The Morgan fingerprint density at radius 1 is 1.40 bits per heavy atom. The summed E-state index contributed by atoms with van der Waals surface area (Å²) in [6.07, 6.45) is 2.43. The lowest BCUT2D eigenvalue weighted by molar-refractivity contribution is 0.129. The monoisotopic (exact) mass is 300 g/mol. The summed E-state index contributed by atoms with van der Waals surface area (Å²) in [6.45, 7) is 1.32. The van der Waals surface area contributed by atoms with Crippen LogP contribution in [0.2, 0.25) is 0 Å². The summed E-state index contributed by atoms with van der Waals surface area (Å²) < 4.78 is 37.0. The first-order valence-corrected chi connectivity index (χ1v) is 8.02. The molecule has 0 atom stereocenters. The molecular formula is C13H20N2O4S. The van der Waals surface area contributed by atoms with E-state index in [1.54, 1.807) is 6.07 Å². The van der Waals surface area contributed by atoms with Gasteiger partial charge in [0.2, 0.25) is 10.0 Å². The Bertz CT molecular complexity index is 555. The average molecular weight is 300 g/mol. The first-order chi connectivity index (χ1) is 9.53. The number of rotatable bonds is 8. The lowest BCUT2D eigenvalue weighted by Crippen LogP contribution is -2.28. The van der Waals surface area contributed by atoms with Crippen molar-refractivity contribution in [2.24, 2.45) is 5.92 Å². The fourth-order valence-electron chi connectivity index (χ4n) is 1.76. The minimum absolute atomic E-state index is 0.0560. The molecule has 2 rings (SSSR count). The van der Waals surface area contributed by atoms with Crippen molar-refractivity contribution in [1.82, 2.24) is 4.72 Å². The van der Waals surface area contributed by atoms with Crippen molar-refractivity contribution in [1.29, 1.82) is 0 Å². The third-order valence-corrected chi connectivity index (χ3v) is 4.63. The van der Waals surface area contributed by atoms with E-state index >= 15 is 0 Å². The molecule has 1 aliphatic carbocycles. The first kappa shape index (κ1) is 15.1. The maximum Gasteiger partial charge on any atom is 0.242 e. The Labute approximate surface area is 119 Å². The number of benzene rings is 1. The molecule has 1 aliphatic rings. The Morgan fingerprint density at radius 2 is 2.15 bits per heavy atom. The molecule has 0 aliphatic heterocycles. The number of hydrogen-bond donors (Lipinski definition) is 2. The van der Waals surface area contributed by atoms with Crippen molar-refractivity contribution in [3.05, 3.63) is 18.2 Å². The van der Waals surface area contributed by atoms with Crippen molar-refractivity contribution >= 4 is 15.7 Å². The molecule has 1 fully saturated rings. The van der Waals surface area contributed by atoms with Crippen LogP contribution < -0.4 is 15.2 Å². The number of nitrogens with one attached hydrogen (secondary N) is 1. The van der Waals surface area contributed by atoms with Gasteiger partial charge >= 0.3 is 0 Å². The van der Waals surface area contributed by atoms with Crippen LogP contribution in [0.3, 0.4) is 0 Å². The number of hydrogen-bond acceptors (Lipinski definition) is 5. The van der Waals surface area contributed by atoms with E-state index in [1.807, 2.05) is 0 Å². The van der Waals surface area contributed by atoms with Crippen LogP contribution in [0, 0.1) is 5.92 Å². The lowest BCUT2D eigenvalue weighted by Gasteiger charge is -2.10. The van der Waals surface area contributed by atoms with Gasteiger partial charge < -0.3 is 15.2 Å². The van der Waals surface area contributed by atoms with Crippen molar-refractivity contribution in [2.75, 3.05) is 32.6 Å². The van der Waals surface area contributed by atoms with E-state index in [1.165, 1.54) is 32.1 Å². The van der Waals surface area contributed by atoms with Gasteiger partial charge in [-0.25, -0.2) is 13.1 Å². The van der Waals surface area contributed by atoms with Crippen LogP contribution in [-0.2, 0) is 14.8 Å². The van der Waals surface area contributed by atoms with E-state index in [2.05, 4.69) is 4.72 Å². The van der Waals surface area contributed by atoms with Crippen molar-refractivity contribution < 1.29 is 17.9 Å². The summed E-state index contributed by atoms with van der Waals surface area (Å²) in [7, 11) is -2.11. The van der Waals surface area contributed by atoms with Gasteiger partial charge in [0, 0.05) is 19.2 Å². The second kappa shape index (κ2) is 6.43. The summed E-state index contributed by atoms with van der Waals surface area (Å²) in [5.74, 6) is 1.19.